The molecule has 0 fully saturated rings. The van der Waals surface area contributed by atoms with Gasteiger partial charge in [-0.05, 0) is 0 Å². The van der Waals surface area contributed by atoms with E-state index >= 15 is 0 Å². The molecule has 0 rings (SSSR count). The maximum Gasteiger partial charge on any atom is 2.00 e. The molecular weight excluding hydrogens is 286 g/mol. The Morgan fingerprint density at radius 1 is 0.722 bits per heavy atom. The van der Waals surface area contributed by atoms with Crippen molar-refractivity contribution in [2.45, 2.75) is 17.8 Å². The van der Waals surface area contributed by atoms with Gasteiger partial charge in [-0.25, -0.2) is 9.59 Å². The zero-order valence-electron chi connectivity index (χ0n) is 9.19. The van der Waals surface area contributed by atoms with E-state index in [9.17, 15) is 35.9 Å². The van der Waals surface area contributed by atoms with Crippen LogP contribution in [0, 0.1) is 14.9 Å². The van der Waals surface area contributed by atoms with Crippen LogP contribution in [0.4, 0.5) is 26.3 Å². The number of rotatable bonds is 4. The fraction of sp³-hybridized carbons (Fsp3) is 0.429. The molecule has 2 N–H and O–H groups in total. The molecule has 0 saturated heterocycles. The average molecular weight is 294 g/mol. The monoisotopic (exact) mass is 294 g/mol. The summed E-state index contributed by atoms with van der Waals surface area (Å²) in [5.41, 5.74) is 0. The third-order valence-corrected chi connectivity index (χ3v) is 1.33. The molecule has 0 aromatic heterocycles. The molecule has 0 radical (unpaired) electrons. The fourth-order valence-corrected chi connectivity index (χ4v) is 0.466. The Morgan fingerprint density at radius 2 is 0.889 bits per heavy atom. The zero-order chi connectivity index (χ0) is 12.7. The first-order valence-electron chi connectivity index (χ1n) is 2.99. The van der Waals surface area contributed by atoms with Gasteiger partial charge in [0.05, 0.1) is 0 Å². The van der Waals surface area contributed by atoms with Crippen molar-refractivity contribution in [3.8, 4) is 0 Å². The molecule has 0 aliphatic carbocycles. The molecule has 0 unspecified atom stereocenters. The molecule has 0 heterocycles. The van der Waals surface area contributed by atoms with Gasteiger partial charge in [0.1, 0.15) is 0 Å². The van der Waals surface area contributed by atoms with E-state index in [0.29, 0.717) is 0 Å². The van der Waals surface area contributed by atoms with Crippen molar-refractivity contribution in [1.82, 2.24) is 0 Å². The summed E-state index contributed by atoms with van der Waals surface area (Å²) in [5, 5.41) is 15.1. The van der Waals surface area contributed by atoms with E-state index in [4.69, 9.17) is 10.2 Å². The van der Waals surface area contributed by atoms with E-state index in [2.05, 4.69) is 0 Å². The normalized spacial score (nSPS) is 11.4. The summed E-state index contributed by atoms with van der Waals surface area (Å²) >= 11 is 0. The summed E-state index contributed by atoms with van der Waals surface area (Å²) in [6.45, 7) is 0. The largest absolute Gasteiger partial charge is 2.00 e. The summed E-state index contributed by atoms with van der Waals surface area (Å²) in [5.74, 6) is -26.0. The third kappa shape index (κ3) is 3.64. The summed E-state index contributed by atoms with van der Waals surface area (Å²) in [4.78, 5) is 19.2. The van der Waals surface area contributed by atoms with Gasteiger partial charge in [0.15, 0.2) is 0 Å². The summed E-state index contributed by atoms with van der Waals surface area (Å²) in [7, 11) is 0. The minimum absolute atomic E-state index is 0. The van der Waals surface area contributed by atoms with Gasteiger partial charge in [-0.15, -0.1) is 0 Å². The molecule has 0 aliphatic heterocycles. The third-order valence-electron chi connectivity index (χ3n) is 1.33. The van der Waals surface area contributed by atoms with Crippen molar-refractivity contribution < 1.29 is 46.1 Å². The SMILES string of the molecule is O=C(O)C(F)(F)C(F)(F)C(F)(F)C(=O)O.[CH3-].[CH3-].[Mg+2]. The van der Waals surface area contributed by atoms with Crippen molar-refractivity contribution in [2.24, 2.45) is 0 Å². The zero-order valence-corrected chi connectivity index (χ0v) is 10.6. The number of carboxylic acid groups (broad SMARTS) is 2. The van der Waals surface area contributed by atoms with Gasteiger partial charge < -0.3 is 25.1 Å². The molecular formula is C7H8F6MgO4. The number of hydrogen-bond donors (Lipinski definition) is 2. The molecule has 0 aromatic carbocycles. The molecule has 104 valence electrons. The molecule has 0 bridgehead atoms. The molecule has 18 heavy (non-hydrogen) atoms. The summed E-state index contributed by atoms with van der Waals surface area (Å²) in [6, 6.07) is 0. The number of carboxylic acids is 2. The second kappa shape index (κ2) is 7.02. The van der Waals surface area contributed by atoms with Crippen LogP contribution in [0.25, 0.3) is 0 Å². The van der Waals surface area contributed by atoms with Crippen molar-refractivity contribution in [2.75, 3.05) is 0 Å². The van der Waals surface area contributed by atoms with Crippen LogP contribution in [0.3, 0.4) is 0 Å². The van der Waals surface area contributed by atoms with Crippen molar-refractivity contribution in [3.63, 3.8) is 0 Å². The fourth-order valence-electron chi connectivity index (χ4n) is 0.466. The Hall–Kier alpha value is -0.714. The maximum absolute atomic E-state index is 12.2. The second-order valence-corrected chi connectivity index (χ2v) is 2.33. The second-order valence-electron chi connectivity index (χ2n) is 2.33. The van der Waals surface area contributed by atoms with Crippen molar-refractivity contribution in [1.29, 1.82) is 0 Å². The van der Waals surface area contributed by atoms with E-state index < -0.39 is 29.7 Å². The van der Waals surface area contributed by atoms with E-state index in [1.807, 2.05) is 0 Å². The van der Waals surface area contributed by atoms with Gasteiger partial charge in [0.25, 0.3) is 0 Å². The summed E-state index contributed by atoms with van der Waals surface area (Å²) < 4.78 is 72.8. The number of alkyl halides is 6. The first-order chi connectivity index (χ1) is 6.39. The maximum atomic E-state index is 12.2. The van der Waals surface area contributed by atoms with Crippen LogP contribution in [-0.2, 0) is 9.59 Å². The van der Waals surface area contributed by atoms with Crippen LogP contribution in [-0.4, -0.2) is 63.0 Å². The molecule has 0 aromatic rings. The first-order valence-corrected chi connectivity index (χ1v) is 2.99. The predicted molar refractivity (Wildman–Crippen MR) is 48.7 cm³/mol. The van der Waals surface area contributed by atoms with E-state index in [-0.39, 0.29) is 37.9 Å². The Bertz CT molecular complexity index is 278. The number of hydrogen-bond acceptors (Lipinski definition) is 2. The Kier molecular flexibility index (Phi) is 10.1. The van der Waals surface area contributed by atoms with Crippen LogP contribution < -0.4 is 0 Å². The predicted octanol–water partition coefficient (Wildman–Crippen LogP) is 1.58. The first kappa shape index (κ1) is 26.0. The molecule has 0 aliphatic rings. The van der Waals surface area contributed by atoms with E-state index in [1.165, 1.54) is 0 Å². The van der Waals surface area contributed by atoms with Gasteiger partial charge in [0, 0.05) is 0 Å². The minimum atomic E-state index is -6.53. The van der Waals surface area contributed by atoms with Gasteiger partial charge in [0.2, 0.25) is 0 Å². The molecule has 0 saturated carbocycles. The molecule has 11 heteroatoms. The Balaban J connectivity index is -0.000000327. The average Bonchev–Trinajstić information content (AvgIpc) is 2.02. The molecule has 0 atom stereocenters. The summed E-state index contributed by atoms with van der Waals surface area (Å²) in [6.07, 6.45) is 0. The van der Waals surface area contributed by atoms with Crippen LogP contribution >= 0.6 is 0 Å². The molecule has 0 amide bonds. The number of carbonyl (C=O) groups is 2. The topological polar surface area (TPSA) is 74.6 Å². The Morgan fingerprint density at radius 3 is 1.00 bits per heavy atom. The van der Waals surface area contributed by atoms with Gasteiger partial charge in [-0.1, -0.05) is 0 Å². The van der Waals surface area contributed by atoms with Crippen LogP contribution in [0.5, 0.6) is 0 Å². The van der Waals surface area contributed by atoms with E-state index in [1.54, 1.807) is 0 Å². The standard InChI is InChI=1S/C5H2F6O4.2CH3.Mg/c6-3(7,1(12)13)5(10,11)4(8,9)2(14)15;;;/h(H,12,13)(H,14,15);2*1H3;/q;2*-1;+2. The number of aliphatic carboxylic acids is 2. The number of halogens is 6. The van der Waals surface area contributed by atoms with Crippen molar-refractivity contribution in [3.05, 3.63) is 14.9 Å². The molecule has 4 nitrogen and oxygen atoms in total. The quantitative estimate of drug-likeness (QED) is 0.469. The van der Waals surface area contributed by atoms with Crippen LogP contribution in [0.1, 0.15) is 0 Å². The van der Waals surface area contributed by atoms with E-state index in [0.717, 1.165) is 0 Å². The van der Waals surface area contributed by atoms with Gasteiger partial charge >= 0.3 is 52.8 Å². The minimum Gasteiger partial charge on any atom is -0.477 e. The van der Waals surface area contributed by atoms with Crippen LogP contribution in [0.2, 0.25) is 0 Å². The smallest absolute Gasteiger partial charge is 0.477 e. The van der Waals surface area contributed by atoms with Gasteiger partial charge in [-0.3, -0.25) is 0 Å². The Labute approximate surface area is 114 Å². The molecule has 0 spiro atoms. The van der Waals surface area contributed by atoms with Gasteiger partial charge in [-0.2, -0.15) is 26.3 Å². The van der Waals surface area contributed by atoms with Crippen molar-refractivity contribution >= 4 is 35.0 Å². The van der Waals surface area contributed by atoms with Crippen LogP contribution in [0.15, 0.2) is 0 Å².